The molecule has 1 amide bonds. The minimum absolute atomic E-state index is 0.0253. The van der Waals surface area contributed by atoms with E-state index in [9.17, 15) is 4.79 Å². The van der Waals surface area contributed by atoms with Crippen LogP contribution in [0.15, 0.2) is 24.0 Å². The molecule has 2 N–H and O–H groups in total. The lowest BCUT2D eigenvalue weighted by Gasteiger charge is -2.20. The predicted molar refractivity (Wildman–Crippen MR) is 87.0 cm³/mol. The number of aromatic nitrogens is 5. The van der Waals surface area contributed by atoms with Crippen LogP contribution in [0.5, 0.6) is 0 Å². The highest BCUT2D eigenvalue weighted by Crippen LogP contribution is 2.27. The molecule has 3 heterocycles. The number of carbonyl (C=O) groups is 1. The maximum absolute atomic E-state index is 12.5. The first-order valence-corrected chi connectivity index (χ1v) is 8.33. The average molecular weight is 328 g/mol. The Labute approximate surface area is 136 Å². The molecule has 0 radical (unpaired) electrons. The Morgan fingerprint density at radius 1 is 1.48 bits per heavy atom. The van der Waals surface area contributed by atoms with Crippen molar-refractivity contribution in [3.63, 3.8) is 0 Å². The molecular formula is C15H16N6OS. The van der Waals surface area contributed by atoms with Gasteiger partial charge in [-0.15, -0.1) is 11.3 Å². The molecule has 4 rings (SSSR count). The summed E-state index contributed by atoms with van der Waals surface area (Å²) in [5, 5.41) is 16.7. The van der Waals surface area contributed by atoms with Gasteiger partial charge in [-0.1, -0.05) is 0 Å². The Morgan fingerprint density at radius 2 is 2.39 bits per heavy atom. The third kappa shape index (κ3) is 2.77. The van der Waals surface area contributed by atoms with E-state index in [-0.39, 0.29) is 11.8 Å². The molecule has 23 heavy (non-hydrogen) atoms. The minimum Gasteiger partial charge on any atom is -0.302 e. The molecule has 0 spiro atoms. The highest BCUT2D eigenvalue weighted by atomic mass is 32.1. The average Bonchev–Trinajstić information content (AvgIpc) is 3.26. The van der Waals surface area contributed by atoms with E-state index in [1.165, 1.54) is 16.9 Å². The summed E-state index contributed by atoms with van der Waals surface area (Å²) in [6.07, 6.45) is 7.97. The van der Waals surface area contributed by atoms with Crippen LogP contribution in [-0.2, 0) is 24.7 Å². The van der Waals surface area contributed by atoms with E-state index in [4.69, 9.17) is 0 Å². The molecule has 3 aromatic rings. The van der Waals surface area contributed by atoms with Gasteiger partial charge in [0.05, 0.1) is 18.1 Å². The topological polar surface area (TPSA) is 88.5 Å². The Kier molecular flexibility index (Phi) is 3.45. The van der Waals surface area contributed by atoms with Gasteiger partial charge in [0.25, 0.3) is 0 Å². The molecule has 1 aliphatic carbocycles. The number of thiazole rings is 1. The number of rotatable bonds is 3. The SMILES string of the molecule is Cn1cc(-c2csc(NC(=O)C3CCc4cn[nH]c4C3)n2)cn1. The van der Waals surface area contributed by atoms with E-state index < -0.39 is 0 Å². The van der Waals surface area contributed by atoms with Crippen LogP contribution in [0.4, 0.5) is 5.13 Å². The molecule has 0 saturated heterocycles. The van der Waals surface area contributed by atoms with Crippen LogP contribution in [0.2, 0.25) is 0 Å². The summed E-state index contributed by atoms with van der Waals surface area (Å²) in [4.78, 5) is 16.9. The fourth-order valence-electron chi connectivity index (χ4n) is 2.86. The molecule has 118 valence electrons. The van der Waals surface area contributed by atoms with E-state index in [0.29, 0.717) is 11.6 Å². The van der Waals surface area contributed by atoms with Crippen molar-refractivity contribution in [2.75, 3.05) is 5.32 Å². The van der Waals surface area contributed by atoms with Gasteiger partial charge in [0.2, 0.25) is 5.91 Å². The highest BCUT2D eigenvalue weighted by Gasteiger charge is 2.26. The first-order valence-electron chi connectivity index (χ1n) is 7.45. The standard InChI is InChI=1S/C15H16N6OS/c1-21-7-11(6-17-21)13-8-23-15(18-13)19-14(22)9-2-3-10-5-16-20-12(10)4-9/h5-9H,2-4H2,1H3,(H,16,20)(H,18,19,22). The first-order chi connectivity index (χ1) is 11.2. The Hall–Kier alpha value is -2.48. The number of nitrogens with one attached hydrogen (secondary N) is 2. The summed E-state index contributed by atoms with van der Waals surface area (Å²) in [5.41, 5.74) is 4.08. The van der Waals surface area contributed by atoms with Crippen molar-refractivity contribution in [3.8, 4) is 11.3 Å². The highest BCUT2D eigenvalue weighted by molar-refractivity contribution is 7.14. The number of hydrogen-bond donors (Lipinski definition) is 2. The lowest BCUT2D eigenvalue weighted by Crippen LogP contribution is -2.28. The molecule has 0 bridgehead atoms. The number of aromatic amines is 1. The second-order valence-corrected chi connectivity index (χ2v) is 6.60. The summed E-state index contributed by atoms with van der Waals surface area (Å²) in [7, 11) is 1.87. The zero-order valence-corrected chi connectivity index (χ0v) is 13.4. The smallest absolute Gasteiger partial charge is 0.229 e. The van der Waals surface area contributed by atoms with Crippen molar-refractivity contribution in [1.29, 1.82) is 0 Å². The quantitative estimate of drug-likeness (QED) is 0.770. The normalized spacial score (nSPS) is 17.0. The lowest BCUT2D eigenvalue weighted by molar-refractivity contribution is -0.120. The Morgan fingerprint density at radius 3 is 3.22 bits per heavy atom. The van der Waals surface area contributed by atoms with Crippen LogP contribution in [0.3, 0.4) is 0 Å². The number of anilines is 1. The second kappa shape index (κ2) is 5.62. The molecule has 0 aliphatic heterocycles. The van der Waals surface area contributed by atoms with Crippen molar-refractivity contribution in [1.82, 2.24) is 25.0 Å². The zero-order chi connectivity index (χ0) is 15.8. The summed E-state index contributed by atoms with van der Waals surface area (Å²) in [6, 6.07) is 0. The first kappa shape index (κ1) is 14.1. The largest absolute Gasteiger partial charge is 0.302 e. The van der Waals surface area contributed by atoms with E-state index in [0.717, 1.165) is 29.8 Å². The number of amides is 1. The maximum Gasteiger partial charge on any atom is 0.229 e. The number of carbonyl (C=O) groups excluding carboxylic acids is 1. The van der Waals surface area contributed by atoms with Crippen molar-refractivity contribution < 1.29 is 4.79 Å². The van der Waals surface area contributed by atoms with Gasteiger partial charge in [-0.3, -0.25) is 14.6 Å². The van der Waals surface area contributed by atoms with Crippen molar-refractivity contribution in [3.05, 3.63) is 35.2 Å². The third-order valence-electron chi connectivity index (χ3n) is 4.13. The lowest BCUT2D eigenvalue weighted by atomic mass is 9.87. The van der Waals surface area contributed by atoms with Gasteiger partial charge in [0.1, 0.15) is 0 Å². The summed E-state index contributed by atoms with van der Waals surface area (Å²) in [5.74, 6) is -0.00831. The van der Waals surface area contributed by atoms with Gasteiger partial charge < -0.3 is 5.32 Å². The predicted octanol–water partition coefficient (Wildman–Crippen LogP) is 2.01. The van der Waals surface area contributed by atoms with Crippen LogP contribution in [-0.4, -0.2) is 30.9 Å². The fraction of sp³-hybridized carbons (Fsp3) is 0.333. The van der Waals surface area contributed by atoms with Gasteiger partial charge in [-0.05, 0) is 18.4 Å². The van der Waals surface area contributed by atoms with Crippen LogP contribution >= 0.6 is 11.3 Å². The molecular weight excluding hydrogens is 312 g/mol. The summed E-state index contributed by atoms with van der Waals surface area (Å²) < 4.78 is 1.73. The van der Waals surface area contributed by atoms with Gasteiger partial charge in [0, 0.05) is 42.2 Å². The van der Waals surface area contributed by atoms with Crippen LogP contribution in [0.25, 0.3) is 11.3 Å². The van der Waals surface area contributed by atoms with Gasteiger partial charge >= 0.3 is 0 Å². The van der Waals surface area contributed by atoms with E-state index in [2.05, 4.69) is 25.6 Å². The zero-order valence-electron chi connectivity index (χ0n) is 12.6. The van der Waals surface area contributed by atoms with E-state index in [1.807, 2.05) is 24.8 Å². The molecule has 1 atom stereocenters. The number of nitrogens with zero attached hydrogens (tertiary/aromatic N) is 4. The molecule has 0 aromatic carbocycles. The Bertz CT molecular complexity index is 848. The van der Waals surface area contributed by atoms with Crippen LogP contribution in [0, 0.1) is 5.92 Å². The number of aryl methyl sites for hydroxylation is 2. The van der Waals surface area contributed by atoms with Gasteiger partial charge in [-0.25, -0.2) is 4.98 Å². The second-order valence-electron chi connectivity index (χ2n) is 5.74. The van der Waals surface area contributed by atoms with Crippen molar-refractivity contribution in [2.45, 2.75) is 19.3 Å². The van der Waals surface area contributed by atoms with Crippen molar-refractivity contribution in [2.24, 2.45) is 13.0 Å². The number of H-pyrrole nitrogens is 1. The molecule has 1 unspecified atom stereocenters. The molecule has 0 saturated carbocycles. The number of hydrogen-bond acceptors (Lipinski definition) is 5. The van der Waals surface area contributed by atoms with Crippen molar-refractivity contribution >= 4 is 22.4 Å². The van der Waals surface area contributed by atoms with Gasteiger partial charge in [-0.2, -0.15) is 10.2 Å². The monoisotopic (exact) mass is 328 g/mol. The van der Waals surface area contributed by atoms with E-state index in [1.54, 1.807) is 10.9 Å². The molecule has 0 fully saturated rings. The van der Waals surface area contributed by atoms with Gasteiger partial charge in [0.15, 0.2) is 5.13 Å². The minimum atomic E-state index is -0.0336. The van der Waals surface area contributed by atoms with E-state index >= 15 is 0 Å². The summed E-state index contributed by atoms with van der Waals surface area (Å²) >= 11 is 1.43. The molecule has 3 aromatic heterocycles. The Balaban J connectivity index is 1.44. The number of fused-ring (bicyclic) bond motifs is 1. The summed E-state index contributed by atoms with van der Waals surface area (Å²) in [6.45, 7) is 0. The fourth-order valence-corrected chi connectivity index (χ4v) is 3.58. The molecule has 1 aliphatic rings. The third-order valence-corrected chi connectivity index (χ3v) is 4.88. The molecule has 7 nitrogen and oxygen atoms in total. The maximum atomic E-state index is 12.5. The van der Waals surface area contributed by atoms with Crippen LogP contribution in [0.1, 0.15) is 17.7 Å². The van der Waals surface area contributed by atoms with Crippen LogP contribution < -0.4 is 5.32 Å². The molecule has 8 heteroatoms.